The van der Waals surface area contributed by atoms with Crippen molar-refractivity contribution in [2.75, 3.05) is 13.6 Å². The second-order valence-corrected chi connectivity index (χ2v) is 7.34. The van der Waals surface area contributed by atoms with Crippen LogP contribution in [0.5, 0.6) is 0 Å². The van der Waals surface area contributed by atoms with Gasteiger partial charge in [0.25, 0.3) is 0 Å². The molecule has 4 aliphatic heterocycles. The first kappa shape index (κ1) is 16.4. The lowest BCUT2D eigenvalue weighted by Gasteiger charge is -2.25. The third-order valence-electron chi connectivity index (χ3n) is 5.43. The number of nitrogens with one attached hydrogen (secondary N) is 2. The van der Waals surface area contributed by atoms with Gasteiger partial charge < -0.3 is 10.2 Å². The van der Waals surface area contributed by atoms with Crippen LogP contribution in [-0.2, 0) is 0 Å². The van der Waals surface area contributed by atoms with E-state index in [-0.39, 0.29) is 12.3 Å². The molecular formula is C17H28N8. The summed E-state index contributed by atoms with van der Waals surface area (Å²) in [7, 11) is 2.05. The highest BCUT2D eigenvalue weighted by Crippen LogP contribution is 2.22. The number of hydrazine groups is 1. The second-order valence-electron chi connectivity index (χ2n) is 7.34. The summed E-state index contributed by atoms with van der Waals surface area (Å²) in [6.07, 6.45) is 6.64. The fourth-order valence-electron chi connectivity index (χ4n) is 3.86. The SMILES string of the molecule is CC1=CN=C(C)N2NC(CCC3NC(N4CCCC4C)=NN3C)N=C12. The molecule has 25 heavy (non-hydrogen) atoms. The molecule has 136 valence electrons. The number of hydrazone groups is 1. The van der Waals surface area contributed by atoms with Crippen molar-refractivity contribution < 1.29 is 0 Å². The molecule has 0 aliphatic carbocycles. The van der Waals surface area contributed by atoms with Crippen molar-refractivity contribution in [3.8, 4) is 0 Å². The molecule has 3 atom stereocenters. The van der Waals surface area contributed by atoms with Crippen LogP contribution in [0.2, 0.25) is 0 Å². The number of likely N-dealkylation sites (tertiary alicyclic amines) is 1. The lowest BCUT2D eigenvalue weighted by molar-refractivity contribution is 0.237. The number of fused-ring (bicyclic) bond motifs is 1. The third-order valence-corrected chi connectivity index (χ3v) is 5.43. The fourth-order valence-corrected chi connectivity index (χ4v) is 3.86. The fraction of sp³-hybridized carbons (Fsp3) is 0.706. The summed E-state index contributed by atoms with van der Waals surface area (Å²) in [4.78, 5) is 11.6. The van der Waals surface area contributed by atoms with Crippen molar-refractivity contribution in [1.82, 2.24) is 25.7 Å². The van der Waals surface area contributed by atoms with Gasteiger partial charge in [0.05, 0.1) is 0 Å². The van der Waals surface area contributed by atoms with Gasteiger partial charge in [-0.05, 0) is 46.5 Å². The predicted octanol–water partition coefficient (Wildman–Crippen LogP) is 1.26. The van der Waals surface area contributed by atoms with Gasteiger partial charge in [0.1, 0.15) is 24.0 Å². The average molecular weight is 344 g/mol. The zero-order valence-electron chi connectivity index (χ0n) is 15.5. The highest BCUT2D eigenvalue weighted by molar-refractivity contribution is 6.10. The molecule has 0 aromatic rings. The number of amidine groups is 2. The van der Waals surface area contributed by atoms with Gasteiger partial charge in [0.2, 0.25) is 5.96 Å². The van der Waals surface area contributed by atoms with E-state index >= 15 is 0 Å². The van der Waals surface area contributed by atoms with Crippen LogP contribution in [0, 0.1) is 0 Å². The van der Waals surface area contributed by atoms with E-state index in [1.54, 1.807) is 0 Å². The zero-order chi connectivity index (χ0) is 17.6. The van der Waals surface area contributed by atoms with E-state index in [4.69, 9.17) is 10.1 Å². The van der Waals surface area contributed by atoms with E-state index in [1.165, 1.54) is 12.8 Å². The Morgan fingerprint density at radius 3 is 2.84 bits per heavy atom. The second kappa shape index (κ2) is 6.33. The summed E-state index contributed by atoms with van der Waals surface area (Å²) in [5.41, 5.74) is 4.55. The Hall–Kier alpha value is -2.09. The number of guanidine groups is 1. The molecule has 4 heterocycles. The molecule has 0 amide bonds. The number of nitrogens with zero attached hydrogens (tertiary/aromatic N) is 6. The maximum Gasteiger partial charge on any atom is 0.218 e. The summed E-state index contributed by atoms with van der Waals surface area (Å²) in [5, 5.41) is 12.4. The topological polar surface area (TPSA) is 70.9 Å². The summed E-state index contributed by atoms with van der Waals surface area (Å²) in [5.74, 6) is 2.96. The van der Waals surface area contributed by atoms with Crippen LogP contribution in [0.25, 0.3) is 0 Å². The lowest BCUT2D eigenvalue weighted by Crippen LogP contribution is -2.47. The summed E-state index contributed by atoms with van der Waals surface area (Å²) in [6.45, 7) is 7.43. The van der Waals surface area contributed by atoms with Crippen LogP contribution in [0.1, 0.15) is 46.5 Å². The molecule has 0 bridgehead atoms. The van der Waals surface area contributed by atoms with Gasteiger partial charge in [-0.3, -0.25) is 5.01 Å². The highest BCUT2D eigenvalue weighted by atomic mass is 15.6. The largest absolute Gasteiger partial charge is 0.339 e. The zero-order valence-corrected chi connectivity index (χ0v) is 15.5. The van der Waals surface area contributed by atoms with Crippen LogP contribution in [0.4, 0.5) is 0 Å². The van der Waals surface area contributed by atoms with Gasteiger partial charge in [-0.15, -0.1) is 5.10 Å². The van der Waals surface area contributed by atoms with Gasteiger partial charge in [0.15, 0.2) is 0 Å². The minimum atomic E-state index is 0.0894. The molecule has 0 saturated carbocycles. The molecule has 8 nitrogen and oxygen atoms in total. The number of hydrogen-bond acceptors (Lipinski definition) is 8. The molecule has 0 aromatic carbocycles. The van der Waals surface area contributed by atoms with E-state index in [2.05, 4.69) is 34.5 Å². The van der Waals surface area contributed by atoms with Crippen LogP contribution < -0.4 is 10.7 Å². The van der Waals surface area contributed by atoms with Crippen molar-refractivity contribution >= 4 is 17.6 Å². The molecule has 3 unspecified atom stereocenters. The Labute approximate surface area is 149 Å². The molecule has 0 radical (unpaired) electrons. The molecule has 8 heteroatoms. The van der Waals surface area contributed by atoms with Gasteiger partial charge in [-0.2, -0.15) is 0 Å². The Morgan fingerprint density at radius 1 is 1.28 bits per heavy atom. The van der Waals surface area contributed by atoms with E-state index in [1.807, 2.05) is 30.2 Å². The van der Waals surface area contributed by atoms with E-state index < -0.39 is 0 Å². The van der Waals surface area contributed by atoms with Crippen LogP contribution in [0.3, 0.4) is 0 Å². The van der Waals surface area contributed by atoms with Crippen LogP contribution in [0.15, 0.2) is 26.9 Å². The van der Waals surface area contributed by atoms with Crippen molar-refractivity contribution in [1.29, 1.82) is 0 Å². The van der Waals surface area contributed by atoms with E-state index in [0.717, 1.165) is 42.6 Å². The van der Waals surface area contributed by atoms with Crippen molar-refractivity contribution in [2.24, 2.45) is 15.1 Å². The maximum atomic E-state index is 4.82. The van der Waals surface area contributed by atoms with Gasteiger partial charge in [-0.25, -0.2) is 20.4 Å². The Balaban J connectivity index is 1.33. The number of rotatable bonds is 3. The first-order valence-electron chi connectivity index (χ1n) is 9.23. The maximum absolute atomic E-state index is 4.82. The molecular weight excluding hydrogens is 316 g/mol. The molecule has 1 fully saturated rings. The lowest BCUT2D eigenvalue weighted by atomic mass is 10.2. The monoisotopic (exact) mass is 344 g/mol. The highest BCUT2D eigenvalue weighted by Gasteiger charge is 2.33. The molecule has 0 aromatic heterocycles. The normalized spacial score (nSPS) is 31.5. The van der Waals surface area contributed by atoms with E-state index in [9.17, 15) is 0 Å². The molecule has 4 aliphatic rings. The average Bonchev–Trinajstić information content (AvgIpc) is 3.28. The summed E-state index contributed by atoms with van der Waals surface area (Å²) in [6, 6.07) is 0.578. The number of hydrogen-bond donors (Lipinski definition) is 2. The predicted molar refractivity (Wildman–Crippen MR) is 99.8 cm³/mol. The first-order chi connectivity index (χ1) is 12.0. The van der Waals surface area contributed by atoms with Crippen LogP contribution >= 0.6 is 0 Å². The Bertz CT molecular complexity index is 664. The third kappa shape index (κ3) is 2.99. The minimum absolute atomic E-state index is 0.0894. The van der Waals surface area contributed by atoms with Crippen LogP contribution in [-0.4, -0.2) is 64.5 Å². The molecule has 2 N–H and O–H groups in total. The minimum Gasteiger partial charge on any atom is -0.339 e. The first-order valence-corrected chi connectivity index (χ1v) is 9.23. The van der Waals surface area contributed by atoms with Crippen molar-refractivity contribution in [3.05, 3.63) is 11.8 Å². The van der Waals surface area contributed by atoms with Gasteiger partial charge >= 0.3 is 0 Å². The number of aliphatic imine (C=N–C) groups is 2. The van der Waals surface area contributed by atoms with Crippen molar-refractivity contribution in [2.45, 2.75) is 64.8 Å². The van der Waals surface area contributed by atoms with Gasteiger partial charge in [0, 0.05) is 31.4 Å². The molecule has 1 saturated heterocycles. The summed E-state index contributed by atoms with van der Waals surface area (Å²) >= 11 is 0. The molecule has 4 rings (SSSR count). The quantitative estimate of drug-likeness (QED) is 0.807. The Kier molecular flexibility index (Phi) is 4.15. The standard InChI is InChI=1S/C17H28N8/c1-11-10-18-13(3)25-16(11)19-14(21-25)7-8-15-20-17(22-23(15)4)24-9-5-6-12(24)2/h10,12,14-15,21H,5-9H2,1-4H3,(H,20,22). The van der Waals surface area contributed by atoms with Crippen molar-refractivity contribution in [3.63, 3.8) is 0 Å². The smallest absolute Gasteiger partial charge is 0.218 e. The van der Waals surface area contributed by atoms with E-state index in [0.29, 0.717) is 6.04 Å². The molecule has 0 spiro atoms. The summed E-state index contributed by atoms with van der Waals surface area (Å²) < 4.78 is 0. The Morgan fingerprint density at radius 2 is 2.12 bits per heavy atom. The van der Waals surface area contributed by atoms with Gasteiger partial charge in [-0.1, -0.05) is 0 Å².